The molecule has 3 heteroatoms. The molecule has 0 saturated carbocycles. The first-order valence-electron chi connectivity index (χ1n) is 5.64. The van der Waals surface area contributed by atoms with Crippen LogP contribution in [0.25, 0.3) is 0 Å². The Morgan fingerprint density at radius 1 is 1.47 bits per heavy atom. The van der Waals surface area contributed by atoms with E-state index in [9.17, 15) is 4.79 Å². The number of hydrogen-bond donors (Lipinski definition) is 1. The van der Waals surface area contributed by atoms with E-state index in [2.05, 4.69) is 31.1 Å². The van der Waals surface area contributed by atoms with Crippen LogP contribution in [-0.2, 0) is 4.79 Å². The van der Waals surface area contributed by atoms with Crippen molar-refractivity contribution < 1.29 is 4.79 Å². The van der Waals surface area contributed by atoms with Gasteiger partial charge in [-0.1, -0.05) is 13.0 Å². The Hall–Kier alpha value is -0.830. The third kappa shape index (κ3) is 6.28. The van der Waals surface area contributed by atoms with Crippen molar-refractivity contribution in [1.29, 1.82) is 0 Å². The molecule has 0 aromatic carbocycles. The summed E-state index contributed by atoms with van der Waals surface area (Å²) in [5.41, 5.74) is 0.810. The van der Waals surface area contributed by atoms with Gasteiger partial charge in [-0.05, 0) is 34.2 Å². The zero-order valence-electron chi connectivity index (χ0n) is 10.6. The van der Waals surface area contributed by atoms with Crippen molar-refractivity contribution >= 4 is 5.91 Å². The number of hydrogen-bond acceptors (Lipinski definition) is 2. The smallest absolute Gasteiger partial charge is 0.246 e. The van der Waals surface area contributed by atoms with Gasteiger partial charge in [-0.15, -0.1) is 0 Å². The third-order valence-electron chi connectivity index (χ3n) is 2.50. The molecule has 0 bridgehead atoms. The first-order valence-corrected chi connectivity index (χ1v) is 5.64. The second-order valence-electron chi connectivity index (χ2n) is 4.13. The quantitative estimate of drug-likeness (QED) is 0.681. The van der Waals surface area contributed by atoms with Crippen LogP contribution in [0.15, 0.2) is 11.6 Å². The molecule has 88 valence electrons. The van der Waals surface area contributed by atoms with E-state index in [1.54, 1.807) is 0 Å². The lowest BCUT2D eigenvalue weighted by atomic mass is 10.2. The van der Waals surface area contributed by atoms with Crippen molar-refractivity contribution in [3.8, 4) is 0 Å². The highest BCUT2D eigenvalue weighted by Crippen LogP contribution is 1.95. The molecule has 1 amide bonds. The summed E-state index contributed by atoms with van der Waals surface area (Å²) in [5, 5.41) is 2.90. The number of nitrogens with one attached hydrogen (secondary N) is 1. The Morgan fingerprint density at radius 2 is 2.07 bits per heavy atom. The van der Waals surface area contributed by atoms with Gasteiger partial charge in [0, 0.05) is 24.7 Å². The predicted molar refractivity (Wildman–Crippen MR) is 64.8 cm³/mol. The molecule has 0 atom stereocenters. The van der Waals surface area contributed by atoms with E-state index in [4.69, 9.17) is 0 Å². The summed E-state index contributed by atoms with van der Waals surface area (Å²) in [6.07, 6.45) is 2.85. The molecule has 0 spiro atoms. The summed E-state index contributed by atoms with van der Waals surface area (Å²) < 4.78 is 0. The van der Waals surface area contributed by atoms with Crippen LogP contribution >= 0.6 is 0 Å². The maximum absolute atomic E-state index is 11.5. The Kier molecular flexibility index (Phi) is 7.05. The molecule has 0 aliphatic heterocycles. The fourth-order valence-corrected chi connectivity index (χ4v) is 1.14. The number of amides is 1. The van der Waals surface area contributed by atoms with Crippen molar-refractivity contribution in [2.45, 2.75) is 40.2 Å². The molecule has 0 unspecified atom stereocenters. The Balaban J connectivity index is 3.78. The zero-order valence-corrected chi connectivity index (χ0v) is 10.6. The Morgan fingerprint density at radius 3 is 2.53 bits per heavy atom. The van der Waals surface area contributed by atoms with Gasteiger partial charge in [0.1, 0.15) is 0 Å². The SMILES string of the molecule is CCC=C(C)C(=O)NCCN(C)C(C)C. The molecule has 0 rings (SSSR count). The summed E-state index contributed by atoms with van der Waals surface area (Å²) in [6, 6.07) is 0.522. The molecule has 0 radical (unpaired) electrons. The topological polar surface area (TPSA) is 32.3 Å². The lowest BCUT2D eigenvalue weighted by Gasteiger charge is -2.20. The van der Waals surface area contributed by atoms with Crippen LogP contribution in [0.1, 0.15) is 34.1 Å². The summed E-state index contributed by atoms with van der Waals surface area (Å²) in [7, 11) is 2.06. The summed E-state index contributed by atoms with van der Waals surface area (Å²) >= 11 is 0. The minimum absolute atomic E-state index is 0.0500. The number of allylic oxidation sites excluding steroid dienone is 1. The van der Waals surface area contributed by atoms with Crippen molar-refractivity contribution in [3.63, 3.8) is 0 Å². The first kappa shape index (κ1) is 14.2. The standard InChI is InChI=1S/C12H24N2O/c1-6-7-11(4)12(15)13-8-9-14(5)10(2)3/h7,10H,6,8-9H2,1-5H3,(H,13,15). The van der Waals surface area contributed by atoms with Crippen LogP contribution in [0.2, 0.25) is 0 Å². The number of carbonyl (C=O) groups is 1. The van der Waals surface area contributed by atoms with Crippen molar-refractivity contribution in [2.75, 3.05) is 20.1 Å². The molecule has 0 aromatic rings. The maximum Gasteiger partial charge on any atom is 0.246 e. The predicted octanol–water partition coefficient (Wildman–Crippen LogP) is 1.80. The van der Waals surface area contributed by atoms with Crippen LogP contribution in [0.4, 0.5) is 0 Å². The van der Waals surface area contributed by atoms with Crippen LogP contribution < -0.4 is 5.32 Å². The lowest BCUT2D eigenvalue weighted by Crippen LogP contribution is -2.36. The van der Waals surface area contributed by atoms with Gasteiger partial charge in [0.25, 0.3) is 0 Å². The van der Waals surface area contributed by atoms with E-state index < -0.39 is 0 Å². The van der Waals surface area contributed by atoms with E-state index in [0.29, 0.717) is 12.6 Å². The van der Waals surface area contributed by atoms with Crippen LogP contribution in [0, 0.1) is 0 Å². The molecule has 0 aliphatic rings. The largest absolute Gasteiger partial charge is 0.351 e. The van der Waals surface area contributed by atoms with Gasteiger partial charge in [0.05, 0.1) is 0 Å². The number of carbonyl (C=O) groups excluding carboxylic acids is 1. The van der Waals surface area contributed by atoms with E-state index in [1.807, 2.05) is 19.9 Å². The molecule has 15 heavy (non-hydrogen) atoms. The highest BCUT2D eigenvalue weighted by molar-refractivity contribution is 5.92. The summed E-state index contributed by atoms with van der Waals surface area (Å²) in [6.45, 7) is 9.77. The van der Waals surface area contributed by atoms with Gasteiger partial charge in [-0.25, -0.2) is 0 Å². The molecule has 1 N–H and O–H groups in total. The molecule has 0 aliphatic carbocycles. The molecule has 0 aromatic heterocycles. The number of nitrogens with zero attached hydrogens (tertiary/aromatic N) is 1. The van der Waals surface area contributed by atoms with Gasteiger partial charge in [0.2, 0.25) is 5.91 Å². The lowest BCUT2D eigenvalue weighted by molar-refractivity contribution is -0.117. The maximum atomic E-state index is 11.5. The zero-order chi connectivity index (χ0) is 11.8. The van der Waals surface area contributed by atoms with Gasteiger partial charge in [-0.3, -0.25) is 4.79 Å². The van der Waals surface area contributed by atoms with Crippen molar-refractivity contribution in [1.82, 2.24) is 10.2 Å². The van der Waals surface area contributed by atoms with E-state index in [-0.39, 0.29) is 5.91 Å². The third-order valence-corrected chi connectivity index (χ3v) is 2.50. The fourth-order valence-electron chi connectivity index (χ4n) is 1.14. The van der Waals surface area contributed by atoms with Crippen LogP contribution in [0.5, 0.6) is 0 Å². The summed E-state index contributed by atoms with van der Waals surface area (Å²) in [5.74, 6) is 0.0500. The minimum atomic E-state index is 0.0500. The van der Waals surface area contributed by atoms with Gasteiger partial charge in [-0.2, -0.15) is 0 Å². The molecular weight excluding hydrogens is 188 g/mol. The van der Waals surface area contributed by atoms with Gasteiger partial charge >= 0.3 is 0 Å². The van der Waals surface area contributed by atoms with E-state index in [1.165, 1.54) is 0 Å². The fraction of sp³-hybridized carbons (Fsp3) is 0.750. The van der Waals surface area contributed by atoms with Crippen LogP contribution in [-0.4, -0.2) is 37.0 Å². The molecule has 0 saturated heterocycles. The normalized spacial score (nSPS) is 12.3. The van der Waals surface area contributed by atoms with Crippen molar-refractivity contribution in [2.24, 2.45) is 0 Å². The Labute approximate surface area is 93.5 Å². The van der Waals surface area contributed by atoms with Gasteiger partial charge in [0.15, 0.2) is 0 Å². The first-order chi connectivity index (χ1) is 6.99. The molecule has 0 heterocycles. The second-order valence-corrected chi connectivity index (χ2v) is 4.13. The highest BCUT2D eigenvalue weighted by atomic mass is 16.1. The highest BCUT2D eigenvalue weighted by Gasteiger charge is 2.05. The van der Waals surface area contributed by atoms with Gasteiger partial charge < -0.3 is 10.2 Å². The van der Waals surface area contributed by atoms with Crippen molar-refractivity contribution in [3.05, 3.63) is 11.6 Å². The molecule has 0 fully saturated rings. The Bertz CT molecular complexity index is 222. The van der Waals surface area contributed by atoms with E-state index in [0.717, 1.165) is 18.5 Å². The summed E-state index contributed by atoms with van der Waals surface area (Å²) in [4.78, 5) is 13.7. The number of likely N-dealkylation sites (N-methyl/N-ethyl adjacent to an activating group) is 1. The average Bonchev–Trinajstić information content (AvgIpc) is 2.17. The monoisotopic (exact) mass is 212 g/mol. The minimum Gasteiger partial charge on any atom is -0.351 e. The molecular formula is C12H24N2O. The number of rotatable bonds is 6. The second kappa shape index (κ2) is 7.46. The average molecular weight is 212 g/mol. The van der Waals surface area contributed by atoms with E-state index >= 15 is 0 Å². The van der Waals surface area contributed by atoms with Crippen LogP contribution in [0.3, 0.4) is 0 Å². The molecule has 3 nitrogen and oxygen atoms in total.